The van der Waals surface area contributed by atoms with Gasteiger partial charge in [-0.25, -0.2) is 4.39 Å². The van der Waals surface area contributed by atoms with Crippen molar-refractivity contribution in [2.24, 2.45) is 0 Å². The Labute approximate surface area is 105 Å². The number of methoxy groups -OCH3 is 1. The molecule has 4 nitrogen and oxygen atoms in total. The van der Waals surface area contributed by atoms with Gasteiger partial charge in [-0.15, -0.1) is 0 Å². The molecule has 1 aliphatic heterocycles. The maximum absolute atomic E-state index is 12.9. The SMILES string of the molecule is COC1CCCN(C(=O)c2ccc(F)c(O)c2)C1. The number of phenolic OH excluding ortho intramolecular Hbond substituents is 1. The number of likely N-dealkylation sites (tertiary alicyclic amines) is 1. The number of rotatable bonds is 2. The van der Waals surface area contributed by atoms with Crippen LogP contribution < -0.4 is 0 Å². The highest BCUT2D eigenvalue weighted by atomic mass is 19.1. The van der Waals surface area contributed by atoms with Gasteiger partial charge in [-0.1, -0.05) is 0 Å². The smallest absolute Gasteiger partial charge is 0.254 e. The molecule has 0 aliphatic carbocycles. The minimum absolute atomic E-state index is 0.0525. The summed E-state index contributed by atoms with van der Waals surface area (Å²) in [5.74, 6) is -1.42. The van der Waals surface area contributed by atoms with E-state index in [2.05, 4.69) is 0 Å². The van der Waals surface area contributed by atoms with E-state index in [-0.39, 0.29) is 12.0 Å². The summed E-state index contributed by atoms with van der Waals surface area (Å²) in [4.78, 5) is 13.8. The van der Waals surface area contributed by atoms with E-state index in [4.69, 9.17) is 4.74 Å². The van der Waals surface area contributed by atoms with Crippen LogP contribution in [-0.2, 0) is 4.74 Å². The molecule has 0 spiro atoms. The van der Waals surface area contributed by atoms with E-state index in [0.29, 0.717) is 18.7 Å². The number of ether oxygens (including phenoxy) is 1. The minimum Gasteiger partial charge on any atom is -0.505 e. The fourth-order valence-corrected chi connectivity index (χ4v) is 2.14. The Hall–Kier alpha value is -1.62. The third-order valence-corrected chi connectivity index (χ3v) is 3.19. The Morgan fingerprint density at radius 3 is 3.00 bits per heavy atom. The highest BCUT2D eigenvalue weighted by Gasteiger charge is 2.24. The molecule has 1 saturated heterocycles. The summed E-state index contributed by atoms with van der Waals surface area (Å²) >= 11 is 0. The molecule has 0 bridgehead atoms. The number of halogens is 1. The highest BCUT2D eigenvalue weighted by molar-refractivity contribution is 5.94. The van der Waals surface area contributed by atoms with Crippen molar-refractivity contribution in [3.8, 4) is 5.75 Å². The van der Waals surface area contributed by atoms with Crippen LogP contribution in [0.5, 0.6) is 5.75 Å². The summed E-state index contributed by atoms with van der Waals surface area (Å²) < 4.78 is 18.2. The van der Waals surface area contributed by atoms with Crippen molar-refractivity contribution >= 4 is 5.91 Å². The fraction of sp³-hybridized carbons (Fsp3) is 0.462. The Balaban J connectivity index is 2.12. The molecule has 0 aromatic heterocycles. The zero-order valence-electron chi connectivity index (χ0n) is 10.2. The quantitative estimate of drug-likeness (QED) is 0.874. The Kier molecular flexibility index (Phi) is 3.81. The average molecular weight is 253 g/mol. The van der Waals surface area contributed by atoms with Gasteiger partial charge in [0, 0.05) is 25.8 Å². The Bertz CT molecular complexity index is 450. The van der Waals surface area contributed by atoms with Crippen LogP contribution in [0.1, 0.15) is 23.2 Å². The van der Waals surface area contributed by atoms with Crippen molar-refractivity contribution in [1.29, 1.82) is 0 Å². The molecule has 1 N–H and O–H groups in total. The van der Waals surface area contributed by atoms with Gasteiger partial charge in [0.25, 0.3) is 5.91 Å². The van der Waals surface area contributed by atoms with Gasteiger partial charge in [-0.3, -0.25) is 4.79 Å². The standard InChI is InChI=1S/C13H16FNO3/c1-18-10-3-2-6-15(8-10)13(17)9-4-5-11(14)12(16)7-9/h4-5,7,10,16H,2-3,6,8H2,1H3. The number of carbonyl (C=O) groups is 1. The summed E-state index contributed by atoms with van der Waals surface area (Å²) in [7, 11) is 1.63. The first-order valence-electron chi connectivity index (χ1n) is 5.92. The lowest BCUT2D eigenvalue weighted by molar-refractivity contribution is 0.0268. The maximum atomic E-state index is 12.9. The molecule has 5 heteroatoms. The second-order valence-corrected chi connectivity index (χ2v) is 4.42. The molecule has 1 aromatic rings. The zero-order chi connectivity index (χ0) is 13.1. The monoisotopic (exact) mass is 253 g/mol. The van der Waals surface area contributed by atoms with E-state index in [0.717, 1.165) is 25.0 Å². The van der Waals surface area contributed by atoms with Crippen molar-refractivity contribution in [3.05, 3.63) is 29.6 Å². The van der Waals surface area contributed by atoms with Crippen LogP contribution in [0.2, 0.25) is 0 Å². The number of amides is 1. The largest absolute Gasteiger partial charge is 0.505 e. The summed E-state index contributed by atoms with van der Waals surface area (Å²) in [5, 5.41) is 9.28. The normalized spacial score (nSPS) is 19.9. The lowest BCUT2D eigenvalue weighted by Gasteiger charge is -2.32. The number of nitrogens with zero attached hydrogens (tertiary/aromatic N) is 1. The topological polar surface area (TPSA) is 49.8 Å². The molecule has 98 valence electrons. The second kappa shape index (κ2) is 5.35. The molecule has 18 heavy (non-hydrogen) atoms. The molecule has 1 aromatic carbocycles. The molecule has 1 amide bonds. The summed E-state index contributed by atoms with van der Waals surface area (Å²) in [5.41, 5.74) is 0.297. The van der Waals surface area contributed by atoms with Gasteiger partial charge in [0.2, 0.25) is 0 Å². The van der Waals surface area contributed by atoms with Crippen LogP contribution in [-0.4, -0.2) is 42.2 Å². The van der Waals surface area contributed by atoms with Crippen molar-refractivity contribution in [2.45, 2.75) is 18.9 Å². The van der Waals surface area contributed by atoms with Crippen molar-refractivity contribution in [1.82, 2.24) is 4.90 Å². The molecule has 0 saturated carbocycles. The number of hydrogen-bond acceptors (Lipinski definition) is 3. The molecule has 1 fully saturated rings. The van der Waals surface area contributed by atoms with E-state index >= 15 is 0 Å². The van der Waals surface area contributed by atoms with Crippen LogP contribution in [0.25, 0.3) is 0 Å². The number of phenols is 1. The molecule has 1 unspecified atom stereocenters. The Morgan fingerprint density at radius 2 is 2.33 bits per heavy atom. The zero-order valence-corrected chi connectivity index (χ0v) is 10.2. The Morgan fingerprint density at radius 1 is 1.56 bits per heavy atom. The minimum atomic E-state index is -0.722. The van der Waals surface area contributed by atoms with Crippen molar-refractivity contribution < 1.29 is 19.0 Å². The number of benzene rings is 1. The van der Waals surface area contributed by atoms with Gasteiger partial charge >= 0.3 is 0 Å². The molecular formula is C13H16FNO3. The summed E-state index contributed by atoms with van der Waals surface area (Å²) in [6.45, 7) is 1.20. The van der Waals surface area contributed by atoms with Gasteiger partial charge < -0.3 is 14.7 Å². The first kappa shape index (κ1) is 12.8. The van der Waals surface area contributed by atoms with Gasteiger partial charge in [0.1, 0.15) is 0 Å². The van der Waals surface area contributed by atoms with Gasteiger partial charge in [0.05, 0.1) is 6.10 Å². The van der Waals surface area contributed by atoms with E-state index in [1.807, 2.05) is 0 Å². The fourth-order valence-electron chi connectivity index (χ4n) is 2.14. The molecule has 1 aliphatic rings. The summed E-state index contributed by atoms with van der Waals surface area (Å²) in [6, 6.07) is 3.64. The number of hydrogen-bond donors (Lipinski definition) is 1. The first-order valence-corrected chi connectivity index (χ1v) is 5.92. The van der Waals surface area contributed by atoms with Gasteiger partial charge in [-0.05, 0) is 31.0 Å². The maximum Gasteiger partial charge on any atom is 0.254 e. The molecule has 2 rings (SSSR count). The second-order valence-electron chi connectivity index (χ2n) is 4.42. The third-order valence-electron chi connectivity index (χ3n) is 3.19. The molecular weight excluding hydrogens is 237 g/mol. The number of aromatic hydroxyl groups is 1. The third kappa shape index (κ3) is 2.61. The average Bonchev–Trinajstić information content (AvgIpc) is 2.41. The number of carbonyl (C=O) groups excluding carboxylic acids is 1. The van der Waals surface area contributed by atoms with Crippen LogP contribution in [0.3, 0.4) is 0 Å². The van der Waals surface area contributed by atoms with E-state index in [1.165, 1.54) is 6.07 Å². The number of piperidine rings is 1. The molecule has 1 atom stereocenters. The van der Waals surface area contributed by atoms with Crippen LogP contribution >= 0.6 is 0 Å². The van der Waals surface area contributed by atoms with Crippen LogP contribution in [0.4, 0.5) is 4.39 Å². The summed E-state index contributed by atoms with van der Waals surface area (Å²) in [6.07, 6.45) is 1.88. The van der Waals surface area contributed by atoms with Crippen molar-refractivity contribution in [3.63, 3.8) is 0 Å². The van der Waals surface area contributed by atoms with E-state index in [1.54, 1.807) is 12.0 Å². The molecule has 1 heterocycles. The predicted octanol–water partition coefficient (Wildman–Crippen LogP) is 1.78. The predicted molar refractivity (Wildman–Crippen MR) is 64.0 cm³/mol. The highest BCUT2D eigenvalue weighted by Crippen LogP contribution is 2.20. The molecule has 0 radical (unpaired) electrons. The van der Waals surface area contributed by atoms with Crippen LogP contribution in [0, 0.1) is 5.82 Å². The van der Waals surface area contributed by atoms with Crippen LogP contribution in [0.15, 0.2) is 18.2 Å². The van der Waals surface area contributed by atoms with Gasteiger partial charge in [-0.2, -0.15) is 0 Å². The van der Waals surface area contributed by atoms with Crippen molar-refractivity contribution in [2.75, 3.05) is 20.2 Å². The lowest BCUT2D eigenvalue weighted by Crippen LogP contribution is -2.42. The van der Waals surface area contributed by atoms with E-state index in [9.17, 15) is 14.3 Å². The van der Waals surface area contributed by atoms with Gasteiger partial charge in [0.15, 0.2) is 11.6 Å². The lowest BCUT2D eigenvalue weighted by atomic mass is 10.1. The first-order chi connectivity index (χ1) is 8.61. The van der Waals surface area contributed by atoms with E-state index < -0.39 is 11.6 Å².